The van der Waals surface area contributed by atoms with Crippen LogP contribution in [0.5, 0.6) is 0 Å². The van der Waals surface area contributed by atoms with Crippen LogP contribution in [0.15, 0.2) is 90.1 Å². The van der Waals surface area contributed by atoms with Gasteiger partial charge in [-0.25, -0.2) is 23.8 Å². The van der Waals surface area contributed by atoms with Crippen LogP contribution in [0.1, 0.15) is 110 Å². The lowest BCUT2D eigenvalue weighted by atomic mass is 9.48. The van der Waals surface area contributed by atoms with E-state index in [1.54, 1.807) is 18.2 Å². The molecule has 2 saturated carbocycles. The third kappa shape index (κ3) is 12.2. The number of para-hydroxylation sites is 1. The summed E-state index contributed by atoms with van der Waals surface area (Å²) in [6, 6.07) is 24.5. The summed E-state index contributed by atoms with van der Waals surface area (Å²) in [7, 11) is 1.83. The number of carbonyl (C=O) groups excluding carboxylic acids is 2. The van der Waals surface area contributed by atoms with Crippen molar-refractivity contribution >= 4 is 78.5 Å². The Labute approximate surface area is 427 Å². The summed E-state index contributed by atoms with van der Waals surface area (Å²) in [5.74, 6) is -1.12. The molecule has 8 rings (SSSR count). The molecule has 2 aliphatic carbocycles. The monoisotopic (exact) mass is 1020 g/mol. The minimum atomic E-state index is -2.10. The van der Waals surface area contributed by atoms with Crippen LogP contribution in [0.2, 0.25) is 0 Å². The molecule has 6 N–H and O–H groups in total. The van der Waals surface area contributed by atoms with E-state index in [2.05, 4.69) is 43.3 Å². The van der Waals surface area contributed by atoms with Gasteiger partial charge in [-0.1, -0.05) is 75.4 Å². The number of nitrogens with one attached hydrogen (secondary N) is 2. The number of aromatic nitrogens is 2. The number of aliphatic imine (C=N–C) groups is 1. The maximum absolute atomic E-state index is 13.7. The van der Waals surface area contributed by atoms with Gasteiger partial charge in [-0.3, -0.25) is 15.1 Å². The fourth-order valence-corrected chi connectivity index (χ4v) is 13.4. The van der Waals surface area contributed by atoms with Crippen molar-refractivity contribution in [2.45, 2.75) is 91.9 Å². The number of nitrogens with two attached hydrogens (primary N) is 1. The summed E-state index contributed by atoms with van der Waals surface area (Å²) in [5, 5.41) is 17.2. The fourth-order valence-electron chi connectivity index (χ4n) is 12.1. The number of ether oxygens (including phenoxy) is 2. The summed E-state index contributed by atoms with van der Waals surface area (Å²) in [6.45, 7) is 12.8. The Kier molecular flexibility index (Phi) is 15.5. The summed E-state index contributed by atoms with van der Waals surface area (Å²) in [5.41, 5.74) is 11.6. The van der Waals surface area contributed by atoms with Crippen LogP contribution in [0, 0.1) is 16.2 Å². The van der Waals surface area contributed by atoms with Gasteiger partial charge in [-0.15, -0.1) is 0 Å². The van der Waals surface area contributed by atoms with E-state index in [0.717, 1.165) is 58.3 Å². The molecule has 2 amide bonds. The van der Waals surface area contributed by atoms with Gasteiger partial charge in [0.15, 0.2) is 21.9 Å². The van der Waals surface area contributed by atoms with Gasteiger partial charge >= 0.3 is 12.1 Å². The number of thiazole rings is 1. The van der Waals surface area contributed by atoms with Gasteiger partial charge in [-0.05, 0) is 121 Å². The molecule has 4 atom stereocenters. The Morgan fingerprint density at radius 2 is 1.72 bits per heavy atom. The van der Waals surface area contributed by atoms with Crippen molar-refractivity contribution in [1.82, 2.24) is 14.9 Å². The molecule has 0 radical (unpaired) electrons. The Morgan fingerprint density at radius 1 is 0.944 bits per heavy atom. The second-order valence-electron chi connectivity index (χ2n) is 21.1. The summed E-state index contributed by atoms with van der Waals surface area (Å²) < 4.78 is 35.0. The number of fused-ring (bicyclic) bond motifs is 4. The van der Waals surface area contributed by atoms with Crippen LogP contribution in [0.25, 0.3) is 15.8 Å². The van der Waals surface area contributed by atoms with Gasteiger partial charge in [0, 0.05) is 74.1 Å². The molecule has 3 heterocycles. The number of rotatable bonds is 18. The van der Waals surface area contributed by atoms with E-state index in [1.807, 2.05) is 79.5 Å². The smallest absolute Gasteiger partial charge is 0.410 e. The lowest BCUT2D eigenvalue weighted by Crippen LogP contribution is -2.57. The summed E-state index contributed by atoms with van der Waals surface area (Å²) in [4.78, 5) is 58.0. The molecule has 18 heteroatoms. The molecule has 382 valence electrons. The van der Waals surface area contributed by atoms with Crippen molar-refractivity contribution < 1.29 is 37.7 Å². The minimum Gasteiger partial charge on any atom is -0.476 e. The SMILES string of the molecule is CNc1ccc(COC(=O)N(CCOC23CC(C)(C)CC(C)(CC(C)(CN=C(C)C(=CN)c4ccc(N5CCc6cccc(C(=O)Nc7nc8ccccc8s7)c6C5)nc4C(=O)O)C2)C3)CCS(=O)O)cc1. The van der Waals surface area contributed by atoms with E-state index >= 15 is 0 Å². The van der Waals surface area contributed by atoms with Gasteiger partial charge in [0.1, 0.15) is 12.4 Å². The van der Waals surface area contributed by atoms with Crippen LogP contribution in [0.3, 0.4) is 0 Å². The number of carboxylic acid groups (broad SMARTS) is 1. The third-order valence-electron chi connectivity index (χ3n) is 14.2. The largest absolute Gasteiger partial charge is 0.476 e. The number of hydrogen-bond acceptors (Lipinski definition) is 13. The van der Waals surface area contributed by atoms with Crippen LogP contribution < -0.4 is 21.3 Å². The zero-order chi connectivity index (χ0) is 51.4. The van der Waals surface area contributed by atoms with Crippen LogP contribution >= 0.6 is 11.3 Å². The predicted octanol–water partition coefficient (Wildman–Crippen LogP) is 9.64. The van der Waals surface area contributed by atoms with E-state index in [4.69, 9.17) is 25.2 Å². The standard InChI is InChI=1S/C54H66N8O8S2/c1-35(41(26-55)39-18-19-45(59-46(39)48(64)65)62-21-20-37-10-9-11-40(42(37)27-62)47(63)60-49-58-43-12-7-8-13-44(43)71-49)57-34-53(5)31-52(4)29-51(2,3)30-54(32-52,33-53)70-24-22-61(23-25-72(67)68)50(66)69-28-36-14-16-38(56-6)17-15-36/h7-19,26,56H,20-25,27-34,55H2,1-6H3,(H,64,65)(H,67,68)(H,58,60,63). The first-order valence-electron chi connectivity index (χ1n) is 24.4. The first kappa shape index (κ1) is 52.1. The third-order valence-corrected chi connectivity index (χ3v) is 15.7. The van der Waals surface area contributed by atoms with Crippen molar-refractivity contribution in [2.75, 3.05) is 61.1 Å². The second kappa shape index (κ2) is 21.5. The first-order valence-corrected chi connectivity index (χ1v) is 26.5. The van der Waals surface area contributed by atoms with Gasteiger partial charge in [0.05, 0.1) is 28.2 Å². The number of nitrogens with zero attached hydrogens (tertiary/aromatic N) is 5. The average molecular weight is 1020 g/mol. The molecule has 0 saturated heterocycles. The molecule has 5 aromatic rings. The summed E-state index contributed by atoms with van der Waals surface area (Å²) >= 11 is -0.688. The molecule has 0 spiro atoms. The Morgan fingerprint density at radius 3 is 2.44 bits per heavy atom. The van der Waals surface area contributed by atoms with Gasteiger partial charge in [-0.2, -0.15) is 0 Å². The highest BCUT2D eigenvalue weighted by atomic mass is 32.2. The van der Waals surface area contributed by atoms with E-state index in [-0.39, 0.29) is 59.9 Å². The number of benzene rings is 3. The molecule has 3 aromatic carbocycles. The molecular formula is C54H66N8O8S2. The lowest BCUT2D eigenvalue weighted by Gasteiger charge is -2.61. The van der Waals surface area contributed by atoms with Crippen molar-refractivity contribution in [3.63, 3.8) is 0 Å². The molecule has 72 heavy (non-hydrogen) atoms. The van der Waals surface area contributed by atoms with E-state index in [0.29, 0.717) is 65.8 Å². The minimum absolute atomic E-state index is 0.0169. The first-order chi connectivity index (χ1) is 34.3. The number of anilines is 3. The molecular weight excluding hydrogens is 953 g/mol. The molecule has 16 nitrogen and oxygen atoms in total. The Hall–Kier alpha value is -6.21. The average Bonchev–Trinajstić information content (AvgIpc) is 3.74. The summed E-state index contributed by atoms with van der Waals surface area (Å²) in [6.07, 6.45) is 5.68. The molecule has 3 aliphatic rings. The number of amides is 2. The Balaban J connectivity index is 0.959. The number of allylic oxidation sites excluding steroid dienone is 1. The highest BCUT2D eigenvalue weighted by molar-refractivity contribution is 7.79. The van der Waals surface area contributed by atoms with Crippen molar-refractivity contribution in [3.8, 4) is 0 Å². The number of carboxylic acids is 1. The molecule has 2 bridgehead atoms. The molecule has 4 unspecified atom stereocenters. The number of carbonyl (C=O) groups is 3. The van der Waals surface area contributed by atoms with Crippen molar-refractivity contribution in [2.24, 2.45) is 27.0 Å². The second-order valence-corrected chi connectivity index (χ2v) is 23.2. The van der Waals surface area contributed by atoms with Crippen molar-refractivity contribution in [3.05, 3.63) is 119 Å². The van der Waals surface area contributed by atoms with Gasteiger partial charge < -0.3 is 40.0 Å². The van der Waals surface area contributed by atoms with E-state index < -0.39 is 28.7 Å². The van der Waals surface area contributed by atoms with Crippen LogP contribution in [-0.2, 0) is 40.1 Å². The lowest BCUT2D eigenvalue weighted by molar-refractivity contribution is -0.190. The topological polar surface area (TPSA) is 222 Å². The van der Waals surface area contributed by atoms with Gasteiger partial charge in [0.25, 0.3) is 5.91 Å². The quantitative estimate of drug-likeness (QED) is 0.0408. The van der Waals surface area contributed by atoms with E-state index in [9.17, 15) is 28.3 Å². The normalized spacial score (nSPS) is 22.2. The van der Waals surface area contributed by atoms with Gasteiger partial charge in [0.2, 0.25) is 0 Å². The van der Waals surface area contributed by atoms with Crippen molar-refractivity contribution in [1.29, 1.82) is 0 Å². The van der Waals surface area contributed by atoms with E-state index in [1.165, 1.54) is 22.4 Å². The molecule has 2 fully saturated rings. The predicted molar refractivity (Wildman–Crippen MR) is 285 cm³/mol. The van der Waals surface area contributed by atoms with Crippen LogP contribution in [0.4, 0.5) is 21.4 Å². The van der Waals surface area contributed by atoms with Crippen LogP contribution in [-0.4, -0.2) is 104 Å². The highest BCUT2D eigenvalue weighted by Crippen LogP contribution is 2.63. The molecule has 2 aromatic heterocycles. The number of aromatic carboxylic acids is 1. The maximum Gasteiger partial charge on any atom is 0.410 e. The fraction of sp³-hybridized carbons (Fsp3) is 0.444. The maximum atomic E-state index is 13.7. The number of hydrogen-bond donors (Lipinski definition) is 5. The molecule has 1 aliphatic heterocycles. The zero-order valence-electron chi connectivity index (χ0n) is 42.0. The number of pyridine rings is 1. The zero-order valence-corrected chi connectivity index (χ0v) is 43.6. The highest BCUT2D eigenvalue weighted by Gasteiger charge is 2.58. The Bertz CT molecular complexity index is 2890.